The maximum Gasteiger partial charge on any atom is 0.283 e. The molecule has 7 nitrogen and oxygen atoms in total. The highest BCUT2D eigenvalue weighted by molar-refractivity contribution is 7.86. The fourth-order valence-electron chi connectivity index (χ4n) is 2.83. The fraction of sp³-hybridized carbons (Fsp3) is 0.222. The highest BCUT2D eigenvalue weighted by Crippen LogP contribution is 2.21. The third-order valence-electron chi connectivity index (χ3n) is 4.18. The summed E-state index contributed by atoms with van der Waals surface area (Å²) >= 11 is 0. The number of hydrogen-bond donors (Lipinski definition) is 1. The van der Waals surface area contributed by atoms with Crippen molar-refractivity contribution in [3.8, 4) is 0 Å². The van der Waals surface area contributed by atoms with Crippen LogP contribution in [0.1, 0.15) is 5.56 Å². The van der Waals surface area contributed by atoms with Crippen molar-refractivity contribution >= 4 is 27.6 Å². The molecular weight excluding hydrogens is 354 g/mol. The quantitative estimate of drug-likeness (QED) is 0.818. The summed E-state index contributed by atoms with van der Waals surface area (Å²) in [5, 5.41) is 2.59. The van der Waals surface area contributed by atoms with Crippen LogP contribution in [0.4, 0.5) is 5.69 Å². The van der Waals surface area contributed by atoms with E-state index >= 15 is 0 Å². The van der Waals surface area contributed by atoms with E-state index in [2.05, 4.69) is 5.32 Å². The van der Waals surface area contributed by atoms with Crippen LogP contribution in [0.5, 0.6) is 0 Å². The van der Waals surface area contributed by atoms with Gasteiger partial charge in [0.1, 0.15) is 0 Å². The molecule has 1 fully saturated rings. The highest BCUT2D eigenvalue weighted by atomic mass is 32.2. The molecule has 1 aliphatic heterocycles. The largest absolute Gasteiger partial charge is 0.324 e. The third-order valence-corrected chi connectivity index (χ3v) is 6.03. The minimum atomic E-state index is -3.93. The van der Waals surface area contributed by atoms with Crippen LogP contribution >= 0.6 is 0 Å². The van der Waals surface area contributed by atoms with E-state index in [1.807, 2.05) is 6.07 Å². The van der Waals surface area contributed by atoms with E-state index in [4.69, 9.17) is 0 Å². The lowest BCUT2D eigenvalue weighted by atomic mass is 10.1. The molecule has 1 N–H and O–H groups in total. The first kappa shape index (κ1) is 18.2. The number of likely N-dealkylation sites (N-methyl/N-ethyl adjacent to an activating group) is 1. The van der Waals surface area contributed by atoms with Crippen LogP contribution in [0, 0.1) is 0 Å². The van der Waals surface area contributed by atoms with Gasteiger partial charge in [0.05, 0.1) is 6.54 Å². The first-order valence-electron chi connectivity index (χ1n) is 8.05. The Labute approximate surface area is 152 Å². The normalized spacial score (nSPS) is 20.7. The molecule has 0 spiro atoms. The van der Waals surface area contributed by atoms with Crippen LogP contribution in [-0.4, -0.2) is 48.4 Å². The van der Waals surface area contributed by atoms with Crippen molar-refractivity contribution in [2.24, 2.45) is 0 Å². The van der Waals surface area contributed by atoms with Crippen LogP contribution < -0.4 is 5.32 Å². The van der Waals surface area contributed by atoms with E-state index in [0.29, 0.717) is 5.69 Å². The molecular formula is C18H19N3O4S. The monoisotopic (exact) mass is 373 g/mol. The molecule has 1 aliphatic rings. The number of nitrogens with one attached hydrogen (secondary N) is 1. The first-order chi connectivity index (χ1) is 12.4. The van der Waals surface area contributed by atoms with Crippen molar-refractivity contribution in [3.63, 3.8) is 0 Å². The van der Waals surface area contributed by atoms with Gasteiger partial charge in [-0.15, -0.1) is 0 Å². The Morgan fingerprint density at radius 2 is 1.65 bits per heavy atom. The zero-order valence-corrected chi connectivity index (χ0v) is 15.0. The van der Waals surface area contributed by atoms with Gasteiger partial charge in [0.15, 0.2) is 11.8 Å². The average Bonchev–Trinajstić information content (AvgIpc) is 2.62. The molecule has 0 radical (unpaired) electrons. The van der Waals surface area contributed by atoms with Crippen molar-refractivity contribution in [2.45, 2.75) is 12.6 Å². The fourth-order valence-corrected chi connectivity index (χ4v) is 4.27. The Morgan fingerprint density at radius 1 is 1.08 bits per heavy atom. The van der Waals surface area contributed by atoms with Gasteiger partial charge >= 0.3 is 0 Å². The minimum Gasteiger partial charge on any atom is -0.324 e. The maximum atomic E-state index is 12.7. The highest BCUT2D eigenvalue weighted by Gasteiger charge is 2.46. The molecule has 1 heterocycles. The molecule has 1 amide bonds. The molecule has 1 saturated heterocycles. The summed E-state index contributed by atoms with van der Waals surface area (Å²) < 4.78 is 27.4. The lowest BCUT2D eigenvalue weighted by Crippen LogP contribution is -2.61. The molecule has 2 aromatic rings. The Hall–Kier alpha value is -2.55. The number of para-hydroxylation sites is 1. The molecule has 2 aromatic carbocycles. The number of anilines is 1. The van der Waals surface area contributed by atoms with Crippen LogP contribution in [0.25, 0.3) is 0 Å². The van der Waals surface area contributed by atoms with Gasteiger partial charge in [-0.25, -0.2) is 0 Å². The predicted molar refractivity (Wildman–Crippen MR) is 97.4 cm³/mol. The van der Waals surface area contributed by atoms with E-state index in [1.54, 1.807) is 54.6 Å². The summed E-state index contributed by atoms with van der Waals surface area (Å²) in [5.41, 5.74) is 1.27. The van der Waals surface area contributed by atoms with Gasteiger partial charge in [0, 0.05) is 19.3 Å². The van der Waals surface area contributed by atoms with Crippen LogP contribution in [0.3, 0.4) is 0 Å². The zero-order chi connectivity index (χ0) is 18.7. The average molecular weight is 373 g/mol. The van der Waals surface area contributed by atoms with Gasteiger partial charge in [-0.05, 0) is 17.7 Å². The van der Waals surface area contributed by atoms with Crippen molar-refractivity contribution < 1.29 is 18.0 Å². The SMILES string of the molecule is CN1C(C(=O)Nc2ccccc2)C(=O)CN(Cc2ccccc2)S1(=O)=O. The second-order valence-electron chi connectivity index (χ2n) is 6.00. The molecule has 26 heavy (non-hydrogen) atoms. The van der Waals surface area contributed by atoms with Crippen molar-refractivity contribution in [1.29, 1.82) is 0 Å². The molecule has 0 bridgehead atoms. The van der Waals surface area contributed by atoms with Crippen molar-refractivity contribution in [3.05, 3.63) is 66.2 Å². The summed E-state index contributed by atoms with van der Waals surface area (Å²) in [6.07, 6.45) is 0. The number of amides is 1. The van der Waals surface area contributed by atoms with Gasteiger partial charge in [-0.3, -0.25) is 9.59 Å². The number of Topliss-reactive ketones (excluding diaryl/α,β-unsaturated/α-hetero) is 1. The van der Waals surface area contributed by atoms with E-state index in [0.717, 1.165) is 14.2 Å². The summed E-state index contributed by atoms with van der Waals surface area (Å²) in [4.78, 5) is 25.0. The third kappa shape index (κ3) is 3.67. The summed E-state index contributed by atoms with van der Waals surface area (Å²) in [7, 11) is -2.69. The van der Waals surface area contributed by atoms with E-state index in [1.165, 1.54) is 7.05 Å². The van der Waals surface area contributed by atoms with Crippen LogP contribution in [-0.2, 0) is 26.3 Å². The molecule has 3 rings (SSSR count). The van der Waals surface area contributed by atoms with Crippen LogP contribution in [0.15, 0.2) is 60.7 Å². The Bertz CT molecular complexity index is 901. The first-order valence-corrected chi connectivity index (χ1v) is 9.45. The van der Waals surface area contributed by atoms with E-state index < -0.39 is 27.9 Å². The second-order valence-corrected chi connectivity index (χ2v) is 7.99. The van der Waals surface area contributed by atoms with Gasteiger partial charge < -0.3 is 5.32 Å². The molecule has 0 aromatic heterocycles. The number of carbonyl (C=O) groups is 2. The summed E-state index contributed by atoms with van der Waals surface area (Å²) in [5.74, 6) is -1.13. The number of carbonyl (C=O) groups excluding carboxylic acids is 2. The predicted octanol–water partition coefficient (Wildman–Crippen LogP) is 1.26. The smallest absolute Gasteiger partial charge is 0.283 e. The molecule has 0 saturated carbocycles. The molecule has 1 unspecified atom stereocenters. The van der Waals surface area contributed by atoms with Gasteiger partial charge in [-0.2, -0.15) is 17.0 Å². The molecule has 136 valence electrons. The lowest BCUT2D eigenvalue weighted by Gasteiger charge is -2.36. The van der Waals surface area contributed by atoms with Gasteiger partial charge in [0.2, 0.25) is 0 Å². The zero-order valence-electron chi connectivity index (χ0n) is 14.2. The van der Waals surface area contributed by atoms with Gasteiger partial charge in [0.25, 0.3) is 16.1 Å². The summed E-state index contributed by atoms with van der Waals surface area (Å²) in [6.45, 7) is -0.263. The number of ketones is 1. The maximum absolute atomic E-state index is 12.7. The number of hydrogen-bond acceptors (Lipinski definition) is 4. The Kier molecular flexibility index (Phi) is 5.17. The minimum absolute atomic E-state index is 0.0757. The lowest BCUT2D eigenvalue weighted by molar-refractivity contribution is -0.132. The van der Waals surface area contributed by atoms with Gasteiger partial charge in [-0.1, -0.05) is 48.5 Å². The van der Waals surface area contributed by atoms with E-state index in [-0.39, 0.29) is 13.1 Å². The standard InChI is InChI=1S/C18H19N3O4S/c1-20-17(18(23)19-15-10-6-3-7-11-15)16(22)13-21(26(20,24)25)12-14-8-4-2-5-9-14/h2-11,17H,12-13H2,1H3,(H,19,23). The van der Waals surface area contributed by atoms with Crippen LogP contribution in [0.2, 0.25) is 0 Å². The molecule has 0 aliphatic carbocycles. The Balaban J connectivity index is 1.79. The number of benzene rings is 2. The number of rotatable bonds is 4. The second kappa shape index (κ2) is 7.36. The Morgan fingerprint density at radius 3 is 2.27 bits per heavy atom. The topological polar surface area (TPSA) is 86.8 Å². The summed E-state index contributed by atoms with van der Waals surface area (Å²) in [6, 6.07) is 16.2. The molecule has 8 heteroatoms. The van der Waals surface area contributed by atoms with Crippen molar-refractivity contribution in [2.75, 3.05) is 18.9 Å². The number of nitrogens with zero attached hydrogens (tertiary/aromatic N) is 2. The molecule has 1 atom stereocenters. The van der Waals surface area contributed by atoms with E-state index in [9.17, 15) is 18.0 Å². The van der Waals surface area contributed by atoms with Crippen molar-refractivity contribution in [1.82, 2.24) is 8.61 Å².